The third-order valence-electron chi connectivity index (χ3n) is 3.00. The lowest BCUT2D eigenvalue weighted by atomic mass is 10.2. The minimum absolute atomic E-state index is 0.0281. The van der Waals surface area contributed by atoms with Crippen LogP contribution in [-0.4, -0.2) is 30.8 Å². The van der Waals surface area contributed by atoms with Gasteiger partial charge in [-0.1, -0.05) is 18.2 Å². The Balaban J connectivity index is 1.68. The van der Waals surface area contributed by atoms with Gasteiger partial charge in [0, 0.05) is 22.9 Å². The quantitative estimate of drug-likeness (QED) is 0.348. The smallest absolute Gasteiger partial charge is 0.340 e. The maximum Gasteiger partial charge on any atom is 0.340 e. The maximum absolute atomic E-state index is 12.9. The molecule has 0 fully saturated rings. The van der Waals surface area contributed by atoms with Gasteiger partial charge in [0.2, 0.25) is 0 Å². The van der Waals surface area contributed by atoms with Crippen LogP contribution >= 0.6 is 11.8 Å². The second kappa shape index (κ2) is 8.93. The second-order valence-electron chi connectivity index (χ2n) is 4.82. The number of ether oxygens (including phenoxy) is 1. The van der Waals surface area contributed by atoms with E-state index in [1.54, 1.807) is 11.8 Å². The monoisotopic (exact) mass is 348 g/mol. The summed E-state index contributed by atoms with van der Waals surface area (Å²) in [6.07, 6.45) is 0. The number of hydrogen-bond acceptors (Lipinski definition) is 5. The number of benzene rings is 2. The first-order valence-electron chi connectivity index (χ1n) is 7.23. The minimum Gasteiger partial charge on any atom is -0.452 e. The number of halogens is 1. The summed E-state index contributed by atoms with van der Waals surface area (Å²) in [5, 5.41) is 2.66. The molecule has 0 saturated heterocycles. The molecule has 0 heterocycles. The zero-order chi connectivity index (χ0) is 17.4. The number of anilines is 1. The van der Waals surface area contributed by atoms with E-state index in [0.717, 1.165) is 17.0 Å². The number of carbonyl (C=O) groups excluding carboxylic acids is 2. The molecule has 0 aromatic heterocycles. The molecule has 0 unspecified atom stereocenters. The molecule has 2 aromatic carbocycles. The van der Waals surface area contributed by atoms with E-state index in [4.69, 9.17) is 10.5 Å². The molecule has 5 nitrogen and oxygen atoms in total. The molecule has 0 aliphatic rings. The number of rotatable bonds is 7. The second-order valence-corrected chi connectivity index (χ2v) is 5.99. The number of nitrogens with one attached hydrogen (secondary N) is 1. The molecule has 0 radical (unpaired) electrons. The van der Waals surface area contributed by atoms with Gasteiger partial charge in [0.15, 0.2) is 6.61 Å². The van der Waals surface area contributed by atoms with Crippen molar-refractivity contribution in [1.82, 2.24) is 5.32 Å². The highest BCUT2D eigenvalue weighted by Gasteiger charge is 2.13. The highest BCUT2D eigenvalue weighted by molar-refractivity contribution is 7.99. The largest absolute Gasteiger partial charge is 0.452 e. The van der Waals surface area contributed by atoms with Crippen LogP contribution < -0.4 is 11.1 Å². The summed E-state index contributed by atoms with van der Waals surface area (Å²) < 4.78 is 17.8. The van der Waals surface area contributed by atoms with Crippen LogP contribution in [0, 0.1) is 5.82 Å². The van der Waals surface area contributed by atoms with E-state index < -0.39 is 24.3 Å². The summed E-state index contributed by atoms with van der Waals surface area (Å²) in [6.45, 7) is 0.0419. The summed E-state index contributed by atoms with van der Waals surface area (Å²) in [5.41, 5.74) is 5.54. The highest BCUT2D eigenvalue weighted by Crippen LogP contribution is 2.16. The van der Waals surface area contributed by atoms with Crippen LogP contribution in [0.2, 0.25) is 0 Å². The normalized spacial score (nSPS) is 10.2. The third kappa shape index (κ3) is 5.58. The lowest BCUT2D eigenvalue weighted by Crippen LogP contribution is -2.30. The van der Waals surface area contributed by atoms with E-state index in [-0.39, 0.29) is 11.3 Å². The van der Waals surface area contributed by atoms with Crippen LogP contribution in [0.15, 0.2) is 53.4 Å². The Bertz CT molecular complexity index is 710. The van der Waals surface area contributed by atoms with Crippen LogP contribution in [0.3, 0.4) is 0 Å². The molecule has 0 spiro atoms. The molecule has 0 aliphatic carbocycles. The molecule has 0 saturated carbocycles. The number of nitrogens with two attached hydrogens (primary N) is 1. The molecule has 0 aliphatic heterocycles. The summed E-state index contributed by atoms with van der Waals surface area (Å²) in [5.74, 6) is -1.01. The zero-order valence-corrected chi connectivity index (χ0v) is 13.6. The number of carbonyl (C=O) groups is 2. The number of thioether (sulfide) groups is 1. The van der Waals surface area contributed by atoms with E-state index >= 15 is 0 Å². The average molecular weight is 348 g/mol. The predicted molar refractivity (Wildman–Crippen MR) is 91.3 cm³/mol. The fourth-order valence-corrected chi connectivity index (χ4v) is 2.64. The zero-order valence-electron chi connectivity index (χ0n) is 12.8. The van der Waals surface area contributed by atoms with Crippen molar-refractivity contribution in [3.63, 3.8) is 0 Å². The number of nitrogen functional groups attached to an aromatic ring is 1. The number of hydrogen-bond donors (Lipinski definition) is 2. The summed E-state index contributed by atoms with van der Waals surface area (Å²) in [7, 11) is 0. The summed E-state index contributed by atoms with van der Waals surface area (Å²) in [4.78, 5) is 24.5. The van der Waals surface area contributed by atoms with Crippen molar-refractivity contribution in [2.45, 2.75) is 4.90 Å². The van der Waals surface area contributed by atoms with Gasteiger partial charge in [-0.15, -0.1) is 11.8 Å². The molecule has 24 heavy (non-hydrogen) atoms. The third-order valence-corrected chi connectivity index (χ3v) is 4.02. The molecule has 126 valence electrons. The molecular formula is C17H17FN2O3S. The summed E-state index contributed by atoms with van der Waals surface area (Å²) >= 11 is 1.61. The van der Waals surface area contributed by atoms with Crippen LogP contribution in [0.4, 0.5) is 10.1 Å². The van der Waals surface area contributed by atoms with Gasteiger partial charge in [0.25, 0.3) is 5.91 Å². The van der Waals surface area contributed by atoms with Gasteiger partial charge in [-0.2, -0.15) is 0 Å². The number of esters is 1. The molecule has 2 rings (SSSR count). The van der Waals surface area contributed by atoms with Crippen molar-refractivity contribution in [2.24, 2.45) is 0 Å². The molecule has 3 N–H and O–H groups in total. The number of amides is 1. The van der Waals surface area contributed by atoms with Crippen molar-refractivity contribution in [3.8, 4) is 0 Å². The van der Waals surface area contributed by atoms with Gasteiger partial charge in [-0.25, -0.2) is 9.18 Å². The van der Waals surface area contributed by atoms with E-state index in [0.29, 0.717) is 12.3 Å². The lowest BCUT2D eigenvalue weighted by Gasteiger charge is -2.08. The maximum atomic E-state index is 12.9. The summed E-state index contributed by atoms with van der Waals surface area (Å²) in [6, 6.07) is 13.2. The van der Waals surface area contributed by atoms with E-state index in [1.165, 1.54) is 6.07 Å². The van der Waals surface area contributed by atoms with E-state index in [2.05, 4.69) is 5.32 Å². The first-order valence-corrected chi connectivity index (χ1v) is 8.21. The van der Waals surface area contributed by atoms with Crippen molar-refractivity contribution in [2.75, 3.05) is 24.6 Å². The lowest BCUT2D eigenvalue weighted by molar-refractivity contribution is -0.124. The molecule has 2 aromatic rings. The van der Waals surface area contributed by atoms with Crippen molar-refractivity contribution < 1.29 is 18.7 Å². The van der Waals surface area contributed by atoms with Crippen LogP contribution in [0.5, 0.6) is 0 Å². The fourth-order valence-electron chi connectivity index (χ4n) is 1.86. The first kappa shape index (κ1) is 17.8. The van der Waals surface area contributed by atoms with Crippen LogP contribution in [0.25, 0.3) is 0 Å². The Hall–Kier alpha value is -2.54. The Labute approximate surface area is 143 Å². The Morgan fingerprint density at radius 2 is 1.92 bits per heavy atom. The Morgan fingerprint density at radius 1 is 1.17 bits per heavy atom. The van der Waals surface area contributed by atoms with Gasteiger partial charge < -0.3 is 15.8 Å². The average Bonchev–Trinajstić information content (AvgIpc) is 2.57. The molecule has 1 amide bonds. The van der Waals surface area contributed by atoms with Crippen molar-refractivity contribution >= 4 is 29.3 Å². The minimum atomic E-state index is -0.763. The van der Waals surface area contributed by atoms with Crippen LogP contribution in [-0.2, 0) is 9.53 Å². The SMILES string of the molecule is Nc1cc(F)ccc1C(=O)OCC(=O)NCCSc1ccccc1. The van der Waals surface area contributed by atoms with Crippen molar-refractivity contribution in [3.05, 3.63) is 59.9 Å². The van der Waals surface area contributed by atoms with Gasteiger partial charge in [-0.05, 0) is 30.3 Å². The first-order chi connectivity index (χ1) is 11.6. The predicted octanol–water partition coefficient (Wildman–Crippen LogP) is 2.47. The Kier molecular flexibility index (Phi) is 6.62. The van der Waals surface area contributed by atoms with Crippen molar-refractivity contribution in [1.29, 1.82) is 0 Å². The fraction of sp³-hybridized carbons (Fsp3) is 0.176. The Morgan fingerprint density at radius 3 is 2.62 bits per heavy atom. The van der Waals surface area contributed by atoms with Gasteiger partial charge >= 0.3 is 5.97 Å². The highest BCUT2D eigenvalue weighted by atomic mass is 32.2. The molecule has 0 bridgehead atoms. The van der Waals surface area contributed by atoms with Gasteiger partial charge in [-0.3, -0.25) is 4.79 Å². The van der Waals surface area contributed by atoms with E-state index in [9.17, 15) is 14.0 Å². The van der Waals surface area contributed by atoms with E-state index in [1.807, 2.05) is 30.3 Å². The topological polar surface area (TPSA) is 81.4 Å². The molecule has 0 atom stereocenters. The van der Waals surface area contributed by atoms with Gasteiger partial charge in [0.1, 0.15) is 5.82 Å². The van der Waals surface area contributed by atoms with Crippen LogP contribution in [0.1, 0.15) is 10.4 Å². The van der Waals surface area contributed by atoms with Gasteiger partial charge in [0.05, 0.1) is 5.56 Å². The standard InChI is InChI=1S/C17H17FN2O3S/c18-12-6-7-14(15(19)10-12)17(22)23-11-16(21)20-8-9-24-13-4-2-1-3-5-13/h1-7,10H,8-9,11,19H2,(H,20,21). The molecular weight excluding hydrogens is 331 g/mol. The molecule has 7 heteroatoms.